The Morgan fingerprint density at radius 2 is 1.79 bits per heavy atom. The van der Waals surface area contributed by atoms with Gasteiger partial charge in [-0.1, -0.05) is 40.2 Å². The van der Waals surface area contributed by atoms with E-state index in [1.807, 2.05) is 0 Å². The quantitative estimate of drug-likeness (QED) is 0.383. The van der Waals surface area contributed by atoms with Gasteiger partial charge in [0.1, 0.15) is 11.6 Å². The average molecular weight is 436 g/mol. The number of aliphatic hydroxyl groups is 1. The zero-order chi connectivity index (χ0) is 19.7. The number of carbonyl (C=O) groups is 2. The van der Waals surface area contributed by atoms with Crippen molar-refractivity contribution in [2.75, 3.05) is 4.90 Å². The lowest BCUT2D eigenvalue weighted by Crippen LogP contribution is -2.30. The maximum absolute atomic E-state index is 12.9. The summed E-state index contributed by atoms with van der Waals surface area (Å²) in [5, 5.41) is 10.9. The van der Waals surface area contributed by atoms with Gasteiger partial charge < -0.3 is 5.11 Å². The highest BCUT2D eigenvalue weighted by Crippen LogP contribution is 2.41. The normalized spacial score (nSPS) is 18.5. The van der Waals surface area contributed by atoms with E-state index in [1.165, 1.54) is 4.90 Å². The molecule has 0 radical (unpaired) electrons. The maximum atomic E-state index is 12.9. The predicted octanol–water partition coefficient (Wildman–Crippen LogP) is 3.87. The molecular weight excluding hydrogens is 422 g/mol. The van der Waals surface area contributed by atoms with E-state index in [2.05, 4.69) is 25.9 Å². The molecule has 1 saturated heterocycles. The first-order chi connectivity index (χ1) is 13.6. The van der Waals surface area contributed by atoms with Crippen molar-refractivity contribution in [3.63, 3.8) is 0 Å². The molecule has 6 nitrogen and oxygen atoms in total. The zero-order valence-corrected chi connectivity index (χ0v) is 16.1. The zero-order valence-electron chi connectivity index (χ0n) is 14.5. The number of hydrogen-bond donors (Lipinski definition) is 1. The minimum Gasteiger partial charge on any atom is -0.507 e. The Morgan fingerprint density at radius 1 is 1.00 bits per heavy atom. The summed E-state index contributed by atoms with van der Waals surface area (Å²) in [7, 11) is 0. The van der Waals surface area contributed by atoms with Crippen LogP contribution in [-0.2, 0) is 9.59 Å². The summed E-state index contributed by atoms with van der Waals surface area (Å²) in [4.78, 5) is 35.4. The predicted molar refractivity (Wildman–Crippen MR) is 107 cm³/mol. The van der Waals surface area contributed by atoms with Gasteiger partial charge >= 0.3 is 5.91 Å². The summed E-state index contributed by atoms with van der Waals surface area (Å²) < 4.78 is 0.835. The van der Waals surface area contributed by atoms with Crippen LogP contribution in [0.1, 0.15) is 17.2 Å². The fourth-order valence-corrected chi connectivity index (χ4v) is 3.45. The third-order valence-corrected chi connectivity index (χ3v) is 4.99. The molecule has 138 valence electrons. The average Bonchev–Trinajstić information content (AvgIpc) is 3.00. The van der Waals surface area contributed by atoms with Gasteiger partial charge in [0.2, 0.25) is 0 Å². The van der Waals surface area contributed by atoms with Crippen LogP contribution in [0.25, 0.3) is 5.76 Å². The molecule has 0 spiro atoms. The van der Waals surface area contributed by atoms with Gasteiger partial charge in [0.15, 0.2) is 0 Å². The summed E-state index contributed by atoms with van der Waals surface area (Å²) in [6.45, 7) is 0. The first-order valence-electron chi connectivity index (χ1n) is 8.46. The molecule has 1 aliphatic heterocycles. The SMILES string of the molecule is O=C1C(=O)N(c2ccccn2)[C@H](c2cccnc2)/C1=C(\O)c1ccc(Br)cc1. The van der Waals surface area contributed by atoms with Gasteiger partial charge in [-0.3, -0.25) is 19.5 Å². The molecule has 1 N–H and O–H groups in total. The Kier molecular flexibility index (Phi) is 4.75. The van der Waals surface area contributed by atoms with Crippen LogP contribution in [0.4, 0.5) is 5.82 Å². The van der Waals surface area contributed by atoms with E-state index < -0.39 is 17.7 Å². The molecule has 3 heterocycles. The van der Waals surface area contributed by atoms with E-state index in [4.69, 9.17) is 0 Å². The Morgan fingerprint density at radius 3 is 2.43 bits per heavy atom. The highest BCUT2D eigenvalue weighted by atomic mass is 79.9. The van der Waals surface area contributed by atoms with Crippen molar-refractivity contribution in [3.8, 4) is 0 Å². The monoisotopic (exact) mass is 435 g/mol. The van der Waals surface area contributed by atoms with Crippen molar-refractivity contribution in [1.82, 2.24) is 9.97 Å². The van der Waals surface area contributed by atoms with Crippen molar-refractivity contribution in [2.24, 2.45) is 0 Å². The van der Waals surface area contributed by atoms with Crippen LogP contribution in [0.15, 0.2) is 83.2 Å². The topological polar surface area (TPSA) is 83.4 Å². The highest BCUT2D eigenvalue weighted by molar-refractivity contribution is 9.10. The molecule has 4 rings (SSSR count). The van der Waals surface area contributed by atoms with E-state index in [9.17, 15) is 14.7 Å². The fourth-order valence-electron chi connectivity index (χ4n) is 3.18. The number of hydrogen-bond acceptors (Lipinski definition) is 5. The number of rotatable bonds is 3. The number of benzene rings is 1. The van der Waals surface area contributed by atoms with Crippen LogP contribution >= 0.6 is 15.9 Å². The molecule has 1 aromatic carbocycles. The number of aromatic nitrogens is 2. The van der Waals surface area contributed by atoms with Gasteiger partial charge in [-0.05, 0) is 35.9 Å². The minimum absolute atomic E-state index is 0.00553. The summed E-state index contributed by atoms with van der Waals surface area (Å²) in [5.41, 5.74) is 1.05. The molecule has 0 saturated carbocycles. The molecule has 1 amide bonds. The molecule has 1 fully saturated rings. The van der Waals surface area contributed by atoms with E-state index in [0.717, 1.165) is 4.47 Å². The van der Waals surface area contributed by atoms with Crippen molar-refractivity contribution < 1.29 is 14.7 Å². The number of carbonyl (C=O) groups excluding carboxylic acids is 2. The summed E-state index contributed by atoms with van der Waals surface area (Å²) in [6, 6.07) is 14.6. The van der Waals surface area contributed by atoms with Gasteiger partial charge in [-0.25, -0.2) is 4.98 Å². The van der Waals surface area contributed by atoms with Crippen LogP contribution in [-0.4, -0.2) is 26.8 Å². The van der Waals surface area contributed by atoms with Crippen LogP contribution < -0.4 is 4.90 Å². The number of halogens is 1. The molecule has 0 aliphatic carbocycles. The molecule has 7 heteroatoms. The van der Waals surface area contributed by atoms with Gasteiger partial charge in [0.05, 0.1) is 11.6 Å². The molecule has 28 heavy (non-hydrogen) atoms. The minimum atomic E-state index is -0.827. The van der Waals surface area contributed by atoms with Crippen molar-refractivity contribution in [1.29, 1.82) is 0 Å². The largest absolute Gasteiger partial charge is 0.507 e. The van der Waals surface area contributed by atoms with Crippen molar-refractivity contribution in [2.45, 2.75) is 6.04 Å². The first-order valence-corrected chi connectivity index (χ1v) is 9.25. The molecule has 1 aliphatic rings. The van der Waals surface area contributed by atoms with E-state index in [1.54, 1.807) is 73.2 Å². The van der Waals surface area contributed by atoms with Gasteiger partial charge in [-0.15, -0.1) is 0 Å². The Balaban J connectivity index is 1.94. The van der Waals surface area contributed by atoms with E-state index in [-0.39, 0.29) is 11.3 Å². The van der Waals surface area contributed by atoms with E-state index >= 15 is 0 Å². The molecular formula is C21H14BrN3O3. The Bertz CT molecular complexity index is 1070. The van der Waals surface area contributed by atoms with Crippen LogP contribution in [0, 0.1) is 0 Å². The number of pyridine rings is 2. The summed E-state index contributed by atoms with van der Waals surface area (Å²) in [5.74, 6) is -1.42. The van der Waals surface area contributed by atoms with Gasteiger partial charge in [0, 0.05) is 28.6 Å². The van der Waals surface area contributed by atoms with Crippen molar-refractivity contribution >= 4 is 39.2 Å². The molecule has 1 atom stereocenters. The number of amides is 1. The van der Waals surface area contributed by atoms with Crippen LogP contribution in [0.5, 0.6) is 0 Å². The van der Waals surface area contributed by atoms with Crippen LogP contribution in [0.3, 0.4) is 0 Å². The maximum Gasteiger partial charge on any atom is 0.301 e. The van der Waals surface area contributed by atoms with E-state index in [0.29, 0.717) is 16.9 Å². The molecule has 0 unspecified atom stereocenters. The highest BCUT2D eigenvalue weighted by Gasteiger charge is 2.47. The molecule has 3 aromatic rings. The molecule has 0 bridgehead atoms. The number of Topliss-reactive ketones (excluding diaryl/α,β-unsaturated/α-hetero) is 1. The fraction of sp³-hybridized carbons (Fsp3) is 0.0476. The number of nitrogens with zero attached hydrogens (tertiary/aromatic N) is 3. The second kappa shape index (κ2) is 7.36. The Hall–Kier alpha value is -3.32. The Labute approximate surface area is 169 Å². The lowest BCUT2D eigenvalue weighted by Gasteiger charge is -2.24. The third-order valence-electron chi connectivity index (χ3n) is 4.46. The standard InChI is InChI=1S/C21H14BrN3O3/c22-15-8-6-13(7-9-15)19(26)17-18(14-4-3-10-23-12-14)25(21(28)20(17)27)16-5-1-2-11-24-16/h1-12,18,26H/b19-17+/t18-/m1/s1. The first kappa shape index (κ1) is 18.1. The second-order valence-electron chi connectivity index (χ2n) is 6.15. The number of aliphatic hydroxyl groups excluding tert-OH is 1. The van der Waals surface area contributed by atoms with Gasteiger partial charge in [-0.2, -0.15) is 0 Å². The number of anilines is 1. The lowest BCUT2D eigenvalue weighted by atomic mass is 9.96. The van der Waals surface area contributed by atoms with Gasteiger partial charge in [0.25, 0.3) is 5.78 Å². The smallest absolute Gasteiger partial charge is 0.301 e. The summed E-state index contributed by atoms with van der Waals surface area (Å²) in [6.07, 6.45) is 4.72. The second-order valence-corrected chi connectivity index (χ2v) is 7.07. The summed E-state index contributed by atoms with van der Waals surface area (Å²) >= 11 is 3.34. The number of ketones is 1. The molecule has 2 aromatic heterocycles. The van der Waals surface area contributed by atoms with Crippen molar-refractivity contribution in [3.05, 3.63) is 94.4 Å². The third kappa shape index (κ3) is 3.10. The lowest BCUT2D eigenvalue weighted by molar-refractivity contribution is -0.132. The van der Waals surface area contributed by atoms with Crippen LogP contribution in [0.2, 0.25) is 0 Å².